The van der Waals surface area contributed by atoms with Gasteiger partial charge in [-0.05, 0) is 31.2 Å². The van der Waals surface area contributed by atoms with E-state index in [-0.39, 0.29) is 22.0 Å². The molecule has 2 N–H and O–H groups in total. The topological polar surface area (TPSA) is 92.3 Å². The zero-order valence-electron chi connectivity index (χ0n) is 12.8. The lowest BCUT2D eigenvalue weighted by Crippen LogP contribution is -2.25. The molecular formula is C15H18N2O4S2. The Kier molecular flexibility index (Phi) is 5.08. The van der Waals surface area contributed by atoms with Crippen LogP contribution in [-0.2, 0) is 20.0 Å². The Hall–Kier alpha value is -1.90. The van der Waals surface area contributed by atoms with Crippen molar-refractivity contribution in [2.24, 2.45) is 0 Å². The molecule has 2 aromatic rings. The van der Waals surface area contributed by atoms with Crippen LogP contribution in [0.4, 0.5) is 5.69 Å². The molecule has 0 aliphatic rings. The van der Waals surface area contributed by atoms with Crippen LogP contribution in [0.2, 0.25) is 0 Å². The van der Waals surface area contributed by atoms with Crippen LogP contribution in [0.5, 0.6) is 0 Å². The number of rotatable bonds is 6. The minimum absolute atomic E-state index is 0.00836. The lowest BCUT2D eigenvalue weighted by molar-refractivity contribution is 0.584. The molecule has 8 heteroatoms. The van der Waals surface area contributed by atoms with Crippen LogP contribution >= 0.6 is 0 Å². The number of para-hydroxylation sites is 1. The third-order valence-electron chi connectivity index (χ3n) is 3.09. The molecular weight excluding hydrogens is 336 g/mol. The van der Waals surface area contributed by atoms with Crippen molar-refractivity contribution in [3.63, 3.8) is 0 Å². The zero-order valence-corrected chi connectivity index (χ0v) is 14.4. The van der Waals surface area contributed by atoms with Crippen LogP contribution in [0.1, 0.15) is 12.5 Å². The number of aryl methyl sites for hydroxylation is 1. The van der Waals surface area contributed by atoms with Crippen molar-refractivity contribution in [2.75, 3.05) is 11.3 Å². The molecule has 124 valence electrons. The van der Waals surface area contributed by atoms with Crippen LogP contribution in [0, 0.1) is 6.92 Å². The average molecular weight is 354 g/mol. The predicted molar refractivity (Wildman–Crippen MR) is 89.3 cm³/mol. The maximum absolute atomic E-state index is 12.4. The van der Waals surface area contributed by atoms with E-state index < -0.39 is 20.0 Å². The summed E-state index contributed by atoms with van der Waals surface area (Å²) in [6.45, 7) is 3.71. The van der Waals surface area contributed by atoms with Gasteiger partial charge in [-0.25, -0.2) is 21.6 Å². The highest BCUT2D eigenvalue weighted by atomic mass is 32.2. The first-order valence-electron chi connectivity index (χ1n) is 6.94. The normalized spacial score (nSPS) is 12.1. The van der Waals surface area contributed by atoms with E-state index in [9.17, 15) is 16.8 Å². The highest BCUT2D eigenvalue weighted by Crippen LogP contribution is 2.24. The van der Waals surface area contributed by atoms with E-state index in [0.717, 1.165) is 5.56 Å². The van der Waals surface area contributed by atoms with E-state index >= 15 is 0 Å². The summed E-state index contributed by atoms with van der Waals surface area (Å²) in [4.78, 5) is -0.0451. The standard InChI is InChI=1S/C15H18N2O4S2/c1-3-16-23(20,21)15-7-5-4-6-14(15)17-22(18,19)13-10-8-12(2)9-11-13/h4-11,16-17H,3H2,1-2H3. The molecule has 23 heavy (non-hydrogen) atoms. The fourth-order valence-corrected chi connectivity index (χ4v) is 4.32. The number of hydrogen-bond donors (Lipinski definition) is 2. The summed E-state index contributed by atoms with van der Waals surface area (Å²) in [6, 6.07) is 12.2. The van der Waals surface area contributed by atoms with Gasteiger partial charge in [0.05, 0.1) is 10.6 Å². The molecule has 2 rings (SSSR count). The van der Waals surface area contributed by atoms with Crippen molar-refractivity contribution in [2.45, 2.75) is 23.6 Å². The molecule has 2 aromatic carbocycles. The first-order chi connectivity index (χ1) is 10.8. The number of anilines is 1. The summed E-state index contributed by atoms with van der Waals surface area (Å²) >= 11 is 0. The number of hydrogen-bond acceptors (Lipinski definition) is 4. The molecule has 0 heterocycles. The van der Waals surface area contributed by atoms with Crippen LogP contribution in [0.3, 0.4) is 0 Å². The summed E-state index contributed by atoms with van der Waals surface area (Å²) in [5.41, 5.74) is 0.938. The van der Waals surface area contributed by atoms with Crippen LogP contribution in [-0.4, -0.2) is 23.4 Å². The maximum atomic E-state index is 12.4. The van der Waals surface area contributed by atoms with E-state index in [4.69, 9.17) is 0 Å². The maximum Gasteiger partial charge on any atom is 0.261 e. The molecule has 0 spiro atoms. The minimum Gasteiger partial charge on any atom is -0.278 e. The lowest BCUT2D eigenvalue weighted by atomic mass is 10.2. The Morgan fingerprint density at radius 3 is 2.09 bits per heavy atom. The Morgan fingerprint density at radius 2 is 1.48 bits per heavy atom. The Balaban J connectivity index is 2.43. The van der Waals surface area contributed by atoms with Gasteiger partial charge in [-0.15, -0.1) is 0 Å². The van der Waals surface area contributed by atoms with Crippen LogP contribution < -0.4 is 9.44 Å². The van der Waals surface area contributed by atoms with Gasteiger partial charge in [-0.1, -0.05) is 36.8 Å². The summed E-state index contributed by atoms with van der Waals surface area (Å²) in [5, 5.41) is 0. The molecule has 0 amide bonds. The van der Waals surface area contributed by atoms with Gasteiger partial charge < -0.3 is 0 Å². The Bertz CT molecular complexity index is 889. The Labute approximate surface area is 136 Å². The number of benzene rings is 2. The molecule has 6 nitrogen and oxygen atoms in total. The molecule has 0 aromatic heterocycles. The first-order valence-corrected chi connectivity index (χ1v) is 9.91. The monoisotopic (exact) mass is 354 g/mol. The number of nitrogens with one attached hydrogen (secondary N) is 2. The summed E-state index contributed by atoms with van der Waals surface area (Å²) in [6.07, 6.45) is 0. The van der Waals surface area contributed by atoms with Gasteiger partial charge in [-0.2, -0.15) is 0 Å². The molecule has 0 atom stereocenters. The van der Waals surface area contributed by atoms with Crippen molar-refractivity contribution in [3.05, 3.63) is 54.1 Å². The summed E-state index contributed by atoms with van der Waals surface area (Å²) < 4.78 is 53.9. The van der Waals surface area contributed by atoms with Crippen molar-refractivity contribution >= 4 is 25.7 Å². The van der Waals surface area contributed by atoms with Crippen molar-refractivity contribution in [1.29, 1.82) is 0 Å². The van der Waals surface area contributed by atoms with Gasteiger partial charge in [-0.3, -0.25) is 4.72 Å². The quantitative estimate of drug-likeness (QED) is 0.831. The highest BCUT2D eigenvalue weighted by molar-refractivity contribution is 7.93. The van der Waals surface area contributed by atoms with Crippen LogP contribution in [0.25, 0.3) is 0 Å². The molecule has 0 saturated carbocycles. The molecule has 0 aliphatic carbocycles. The number of sulfonamides is 2. The second-order valence-electron chi connectivity index (χ2n) is 4.92. The third kappa shape index (κ3) is 4.10. The van der Waals surface area contributed by atoms with Gasteiger partial charge in [0, 0.05) is 6.54 Å². The molecule has 0 radical (unpaired) electrons. The smallest absolute Gasteiger partial charge is 0.261 e. The molecule has 0 bridgehead atoms. The van der Waals surface area contributed by atoms with E-state index in [1.54, 1.807) is 25.1 Å². The van der Waals surface area contributed by atoms with E-state index in [1.165, 1.54) is 30.3 Å². The van der Waals surface area contributed by atoms with Gasteiger partial charge in [0.1, 0.15) is 4.90 Å². The lowest BCUT2D eigenvalue weighted by Gasteiger charge is -2.13. The van der Waals surface area contributed by atoms with Gasteiger partial charge in [0.25, 0.3) is 10.0 Å². The van der Waals surface area contributed by atoms with Gasteiger partial charge >= 0.3 is 0 Å². The van der Waals surface area contributed by atoms with E-state index in [2.05, 4.69) is 9.44 Å². The van der Waals surface area contributed by atoms with Gasteiger partial charge in [0.15, 0.2) is 0 Å². The van der Waals surface area contributed by atoms with Gasteiger partial charge in [0.2, 0.25) is 10.0 Å². The van der Waals surface area contributed by atoms with E-state index in [0.29, 0.717) is 0 Å². The second kappa shape index (κ2) is 6.69. The second-order valence-corrected chi connectivity index (χ2v) is 8.33. The molecule has 0 aliphatic heterocycles. The first kappa shape index (κ1) is 17.5. The van der Waals surface area contributed by atoms with Crippen molar-refractivity contribution in [3.8, 4) is 0 Å². The summed E-state index contributed by atoms with van der Waals surface area (Å²) in [7, 11) is -7.65. The fraction of sp³-hybridized carbons (Fsp3) is 0.200. The SMILES string of the molecule is CCNS(=O)(=O)c1ccccc1NS(=O)(=O)c1ccc(C)cc1. The highest BCUT2D eigenvalue weighted by Gasteiger charge is 2.21. The molecule has 0 unspecified atom stereocenters. The molecule has 0 saturated heterocycles. The third-order valence-corrected chi connectivity index (χ3v) is 6.07. The minimum atomic E-state index is -3.87. The average Bonchev–Trinajstić information content (AvgIpc) is 2.47. The van der Waals surface area contributed by atoms with E-state index in [1.807, 2.05) is 6.92 Å². The van der Waals surface area contributed by atoms with Crippen LogP contribution in [0.15, 0.2) is 58.3 Å². The summed E-state index contributed by atoms with van der Waals surface area (Å²) in [5.74, 6) is 0. The Morgan fingerprint density at radius 1 is 0.870 bits per heavy atom. The van der Waals surface area contributed by atoms with Crippen molar-refractivity contribution < 1.29 is 16.8 Å². The zero-order chi connectivity index (χ0) is 17.1. The fourth-order valence-electron chi connectivity index (χ4n) is 1.97. The van der Waals surface area contributed by atoms with Crippen molar-refractivity contribution in [1.82, 2.24) is 4.72 Å². The molecule has 0 fully saturated rings. The predicted octanol–water partition coefficient (Wildman–Crippen LogP) is 2.09. The largest absolute Gasteiger partial charge is 0.278 e.